The molecule has 0 radical (unpaired) electrons. The molecule has 4 rings (SSSR count). The normalized spacial score (nSPS) is 10.4. The Morgan fingerprint density at radius 1 is 0.730 bits per heavy atom. The third kappa shape index (κ3) is 7.60. The lowest BCUT2D eigenvalue weighted by Gasteiger charge is -2.08. The van der Waals surface area contributed by atoms with E-state index in [9.17, 15) is 14.4 Å². The summed E-state index contributed by atoms with van der Waals surface area (Å²) in [5.74, 6) is -0.735. The maximum atomic E-state index is 12.7. The molecule has 0 saturated carbocycles. The minimum Gasteiger partial charge on any atom is -0.352 e. The summed E-state index contributed by atoms with van der Waals surface area (Å²) in [4.78, 5) is 37.8. The zero-order valence-corrected chi connectivity index (χ0v) is 20.6. The third-order valence-electron chi connectivity index (χ3n) is 5.71. The van der Waals surface area contributed by atoms with Gasteiger partial charge in [-0.15, -0.1) is 0 Å². The van der Waals surface area contributed by atoms with Gasteiger partial charge in [0.1, 0.15) is 5.56 Å². The van der Waals surface area contributed by atoms with Crippen molar-refractivity contribution < 1.29 is 19.0 Å². The van der Waals surface area contributed by atoms with E-state index in [0.29, 0.717) is 29.0 Å². The van der Waals surface area contributed by atoms with Gasteiger partial charge in [0.2, 0.25) is 6.54 Å². The molecule has 3 N–H and O–H groups in total. The number of aromatic nitrogens is 1. The number of nitrogens with zero attached hydrogens (tertiary/aromatic N) is 1. The molecule has 0 atom stereocenters. The number of pyridine rings is 1. The fourth-order valence-corrected chi connectivity index (χ4v) is 3.77. The quantitative estimate of drug-likeness (QED) is 0.306. The fourth-order valence-electron chi connectivity index (χ4n) is 3.77. The Hall–Kier alpha value is -4.78. The smallest absolute Gasteiger partial charge is 0.290 e. The molecule has 3 amide bonds. The number of amides is 3. The monoisotopic (exact) mass is 493 g/mol. The third-order valence-corrected chi connectivity index (χ3v) is 5.71. The van der Waals surface area contributed by atoms with Crippen LogP contribution in [0.4, 0.5) is 11.4 Å². The molecule has 0 aliphatic heterocycles. The van der Waals surface area contributed by atoms with E-state index in [-0.39, 0.29) is 24.3 Å². The standard InChI is InChI=1S/C30H28N4O3/c1-22-12-14-26(15-13-22)33-30(37)24-9-5-11-27(19-24)32-28(35)21-34-18-6-10-25(20-34)29(36)31-17-16-23-7-3-2-4-8-23/h2-15,18-20H,16-17,21H2,1H3,(H2-,31,32,33,35,36,37)/p+1. The second-order valence-corrected chi connectivity index (χ2v) is 8.71. The van der Waals surface area contributed by atoms with Crippen LogP contribution in [0.25, 0.3) is 0 Å². The maximum absolute atomic E-state index is 12.7. The van der Waals surface area contributed by atoms with Crippen molar-refractivity contribution in [3.05, 3.63) is 126 Å². The SMILES string of the molecule is Cc1ccc(NC(=O)c2cccc(NC(=O)C[n+]3cccc(C(=O)NCCc4ccccc4)c3)c2)cc1. The van der Waals surface area contributed by atoms with Gasteiger partial charge in [-0.1, -0.05) is 54.1 Å². The van der Waals surface area contributed by atoms with Crippen LogP contribution in [0, 0.1) is 6.92 Å². The number of rotatable bonds is 9. The number of carbonyl (C=O) groups is 3. The van der Waals surface area contributed by atoms with Crippen LogP contribution in [0.1, 0.15) is 31.8 Å². The van der Waals surface area contributed by atoms with E-state index in [1.807, 2.05) is 61.5 Å². The van der Waals surface area contributed by atoms with Crippen LogP contribution in [-0.2, 0) is 17.8 Å². The molecule has 0 bridgehead atoms. The second kappa shape index (κ2) is 12.3. The number of hydrogen-bond acceptors (Lipinski definition) is 3. The fraction of sp³-hybridized carbons (Fsp3) is 0.133. The molecule has 0 fully saturated rings. The second-order valence-electron chi connectivity index (χ2n) is 8.71. The molecule has 7 heteroatoms. The summed E-state index contributed by atoms with van der Waals surface area (Å²) in [7, 11) is 0. The summed E-state index contributed by atoms with van der Waals surface area (Å²) in [6.07, 6.45) is 4.11. The van der Waals surface area contributed by atoms with Crippen LogP contribution < -0.4 is 20.5 Å². The Bertz CT molecular complexity index is 1390. The van der Waals surface area contributed by atoms with Crippen molar-refractivity contribution in [2.45, 2.75) is 19.9 Å². The highest BCUT2D eigenvalue weighted by molar-refractivity contribution is 6.05. The lowest BCUT2D eigenvalue weighted by molar-refractivity contribution is -0.684. The molecule has 186 valence electrons. The first kappa shape index (κ1) is 25.3. The van der Waals surface area contributed by atoms with E-state index in [1.165, 1.54) is 0 Å². The van der Waals surface area contributed by atoms with Crippen LogP contribution in [0.5, 0.6) is 0 Å². The predicted octanol–water partition coefficient (Wildman–Crippen LogP) is 4.15. The van der Waals surface area contributed by atoms with E-state index < -0.39 is 0 Å². The average molecular weight is 494 g/mol. The molecule has 37 heavy (non-hydrogen) atoms. The molecule has 1 heterocycles. The van der Waals surface area contributed by atoms with Gasteiger partial charge in [-0.2, -0.15) is 4.57 Å². The van der Waals surface area contributed by atoms with Crippen molar-refractivity contribution in [2.24, 2.45) is 0 Å². The largest absolute Gasteiger partial charge is 0.352 e. The molecular weight excluding hydrogens is 464 g/mol. The van der Waals surface area contributed by atoms with Crippen LogP contribution in [0.2, 0.25) is 0 Å². The zero-order chi connectivity index (χ0) is 26.0. The number of nitrogens with one attached hydrogen (secondary N) is 3. The molecule has 1 aromatic heterocycles. The summed E-state index contributed by atoms with van der Waals surface area (Å²) in [5.41, 5.74) is 4.37. The Morgan fingerprint density at radius 3 is 2.27 bits per heavy atom. The first-order valence-electron chi connectivity index (χ1n) is 12.1. The molecule has 3 aromatic carbocycles. The van der Waals surface area contributed by atoms with Crippen molar-refractivity contribution in [3.63, 3.8) is 0 Å². The van der Waals surface area contributed by atoms with Crippen molar-refractivity contribution in [3.8, 4) is 0 Å². The van der Waals surface area contributed by atoms with Gasteiger partial charge < -0.3 is 16.0 Å². The summed E-state index contributed by atoms with van der Waals surface area (Å²) >= 11 is 0. The average Bonchev–Trinajstić information content (AvgIpc) is 2.91. The van der Waals surface area contributed by atoms with Gasteiger partial charge >= 0.3 is 0 Å². The summed E-state index contributed by atoms with van der Waals surface area (Å²) < 4.78 is 1.65. The Morgan fingerprint density at radius 2 is 1.49 bits per heavy atom. The van der Waals surface area contributed by atoms with Crippen LogP contribution in [-0.4, -0.2) is 24.3 Å². The molecule has 0 aliphatic carbocycles. The van der Waals surface area contributed by atoms with Crippen molar-refractivity contribution in [1.82, 2.24) is 5.32 Å². The van der Waals surface area contributed by atoms with Crippen molar-refractivity contribution in [2.75, 3.05) is 17.2 Å². The summed E-state index contributed by atoms with van der Waals surface area (Å²) in [6, 6.07) is 27.7. The van der Waals surface area contributed by atoms with Gasteiger partial charge in [0.25, 0.3) is 17.7 Å². The van der Waals surface area contributed by atoms with E-state index >= 15 is 0 Å². The lowest BCUT2D eigenvalue weighted by atomic mass is 10.1. The highest BCUT2D eigenvalue weighted by Crippen LogP contribution is 2.14. The Labute approximate surface area is 216 Å². The zero-order valence-electron chi connectivity index (χ0n) is 20.6. The molecule has 7 nitrogen and oxygen atoms in total. The minimum absolute atomic E-state index is 0.0188. The Kier molecular flexibility index (Phi) is 8.39. The maximum Gasteiger partial charge on any atom is 0.290 e. The molecule has 0 unspecified atom stereocenters. The highest BCUT2D eigenvalue weighted by Gasteiger charge is 2.15. The van der Waals surface area contributed by atoms with Crippen molar-refractivity contribution >= 4 is 29.1 Å². The predicted molar refractivity (Wildman–Crippen MR) is 143 cm³/mol. The lowest BCUT2D eigenvalue weighted by Crippen LogP contribution is -2.41. The molecule has 0 aliphatic rings. The van der Waals surface area contributed by atoms with E-state index in [2.05, 4.69) is 16.0 Å². The van der Waals surface area contributed by atoms with Crippen molar-refractivity contribution in [1.29, 1.82) is 0 Å². The summed E-state index contributed by atoms with van der Waals surface area (Å²) in [5, 5.41) is 8.58. The van der Waals surface area contributed by atoms with E-state index in [1.54, 1.807) is 53.4 Å². The first-order chi connectivity index (χ1) is 18.0. The first-order valence-corrected chi connectivity index (χ1v) is 12.1. The Balaban J connectivity index is 1.31. The summed E-state index contributed by atoms with van der Waals surface area (Å²) in [6.45, 7) is 2.52. The van der Waals surface area contributed by atoms with Gasteiger partial charge in [0.15, 0.2) is 12.4 Å². The molecule has 0 spiro atoms. The minimum atomic E-state index is -0.275. The number of carbonyl (C=O) groups excluding carboxylic acids is 3. The molecular formula is C30H29N4O3+. The van der Waals surface area contributed by atoms with Crippen LogP contribution in [0.3, 0.4) is 0 Å². The topological polar surface area (TPSA) is 91.2 Å². The number of benzene rings is 3. The van der Waals surface area contributed by atoms with E-state index in [4.69, 9.17) is 0 Å². The number of hydrogen-bond donors (Lipinski definition) is 3. The molecule has 0 saturated heterocycles. The van der Waals surface area contributed by atoms with Gasteiger partial charge in [-0.05, 0) is 55.3 Å². The number of aryl methyl sites for hydroxylation is 1. The number of anilines is 2. The van der Waals surface area contributed by atoms with Gasteiger partial charge in [-0.25, -0.2) is 0 Å². The highest BCUT2D eigenvalue weighted by atomic mass is 16.2. The van der Waals surface area contributed by atoms with E-state index in [0.717, 1.165) is 17.5 Å². The van der Waals surface area contributed by atoms with Gasteiger partial charge in [0, 0.05) is 29.5 Å². The molecule has 4 aromatic rings. The van der Waals surface area contributed by atoms with Crippen LogP contribution in [0.15, 0.2) is 103 Å². The van der Waals surface area contributed by atoms with Gasteiger partial charge in [-0.3, -0.25) is 14.4 Å². The van der Waals surface area contributed by atoms with Gasteiger partial charge in [0.05, 0.1) is 0 Å². The van der Waals surface area contributed by atoms with Crippen LogP contribution >= 0.6 is 0 Å².